The Bertz CT molecular complexity index is 1290. The first-order valence-electron chi connectivity index (χ1n) is 13.0. The summed E-state index contributed by atoms with van der Waals surface area (Å²) in [7, 11) is 0. The molecule has 196 valence electrons. The summed E-state index contributed by atoms with van der Waals surface area (Å²) >= 11 is 0. The molecule has 0 spiro atoms. The van der Waals surface area contributed by atoms with Gasteiger partial charge < -0.3 is 15.7 Å². The predicted octanol–water partition coefficient (Wildman–Crippen LogP) is 4.60. The lowest BCUT2D eigenvalue weighted by atomic mass is 10.0. The summed E-state index contributed by atoms with van der Waals surface area (Å²) in [5, 5.41) is 29.2. The average molecular weight is 513 g/mol. The van der Waals surface area contributed by atoms with Gasteiger partial charge in [0.15, 0.2) is 6.04 Å². The van der Waals surface area contributed by atoms with Crippen LogP contribution in [0.25, 0.3) is 0 Å². The highest BCUT2D eigenvalue weighted by atomic mass is 16.4. The molecule has 1 aliphatic rings. The van der Waals surface area contributed by atoms with Crippen LogP contribution in [0.4, 0.5) is 17.3 Å². The highest BCUT2D eigenvalue weighted by Gasteiger charge is 2.24. The van der Waals surface area contributed by atoms with Crippen molar-refractivity contribution in [2.24, 2.45) is 0 Å². The molecule has 9 nitrogen and oxygen atoms in total. The molecule has 9 heteroatoms. The third-order valence-corrected chi connectivity index (χ3v) is 6.45. The summed E-state index contributed by atoms with van der Waals surface area (Å²) in [5.74, 6) is 0.807. The Hall–Kier alpha value is -4.45. The van der Waals surface area contributed by atoms with Gasteiger partial charge in [0, 0.05) is 37.5 Å². The van der Waals surface area contributed by atoms with Gasteiger partial charge in [0.25, 0.3) is 0 Å². The van der Waals surface area contributed by atoms with Crippen LogP contribution in [0.5, 0.6) is 0 Å². The van der Waals surface area contributed by atoms with Crippen LogP contribution in [0.1, 0.15) is 54.8 Å². The molecule has 4 rings (SSSR count). The number of aryl methyl sites for hydroxylation is 1. The molecular weight excluding hydrogens is 478 g/mol. The average Bonchev–Trinajstić information content (AvgIpc) is 3.21. The van der Waals surface area contributed by atoms with Crippen molar-refractivity contribution in [1.82, 2.24) is 15.3 Å². The minimum absolute atomic E-state index is 0.525. The van der Waals surface area contributed by atoms with Crippen molar-refractivity contribution in [3.8, 4) is 6.07 Å². The van der Waals surface area contributed by atoms with Gasteiger partial charge in [0.1, 0.15) is 5.69 Å². The van der Waals surface area contributed by atoms with Crippen molar-refractivity contribution in [3.63, 3.8) is 0 Å². The molecule has 1 fully saturated rings. The Morgan fingerprint density at radius 1 is 1.16 bits per heavy atom. The van der Waals surface area contributed by atoms with Crippen molar-refractivity contribution in [1.29, 1.82) is 5.26 Å². The van der Waals surface area contributed by atoms with Gasteiger partial charge in [-0.3, -0.25) is 5.32 Å². The smallest absolute Gasteiger partial charge is 0.330 e. The number of nitrogens with one attached hydrogen (secondary N) is 3. The van der Waals surface area contributed by atoms with Crippen LogP contribution in [0, 0.1) is 18.3 Å². The van der Waals surface area contributed by atoms with E-state index in [1.807, 2.05) is 19.1 Å². The van der Waals surface area contributed by atoms with E-state index < -0.39 is 12.0 Å². The molecule has 1 aliphatic heterocycles. The van der Waals surface area contributed by atoms with Crippen molar-refractivity contribution < 1.29 is 14.5 Å². The lowest BCUT2D eigenvalue weighted by Crippen LogP contribution is -2.32. The summed E-state index contributed by atoms with van der Waals surface area (Å²) in [4.78, 5) is 20.8. The van der Waals surface area contributed by atoms with Gasteiger partial charge in [-0.15, -0.1) is 0 Å². The highest BCUT2D eigenvalue weighted by Crippen LogP contribution is 2.27. The van der Waals surface area contributed by atoms with Crippen LogP contribution in [0.3, 0.4) is 0 Å². The number of aromatic nitrogens is 2. The summed E-state index contributed by atoms with van der Waals surface area (Å²) in [6, 6.07) is 15.7. The van der Waals surface area contributed by atoms with E-state index in [-0.39, 0.29) is 0 Å². The maximum atomic E-state index is 12.3. The van der Waals surface area contributed by atoms with E-state index in [1.165, 1.54) is 12.3 Å². The third kappa shape index (κ3) is 7.29. The molecule has 2 aromatic carbocycles. The van der Waals surface area contributed by atoms with E-state index in [0.29, 0.717) is 29.3 Å². The third-order valence-electron chi connectivity index (χ3n) is 6.45. The molecular formula is C29H34N7O2+. The second kappa shape index (κ2) is 13.2. The van der Waals surface area contributed by atoms with Gasteiger partial charge in [-0.25, -0.2) is 19.3 Å². The maximum Gasteiger partial charge on any atom is 0.330 e. The zero-order valence-corrected chi connectivity index (χ0v) is 21.7. The number of carboxylic acids is 1. The fourth-order valence-corrected chi connectivity index (χ4v) is 4.60. The molecule has 0 radical (unpaired) electrons. The number of amidine groups is 1. The summed E-state index contributed by atoms with van der Waals surface area (Å²) in [5.41, 5.74) is 3.79. The van der Waals surface area contributed by atoms with Crippen LogP contribution >= 0.6 is 0 Å². The van der Waals surface area contributed by atoms with E-state index in [1.54, 1.807) is 42.7 Å². The molecule has 2 heterocycles. The number of rotatable bonds is 10. The Morgan fingerprint density at radius 2 is 1.95 bits per heavy atom. The van der Waals surface area contributed by atoms with Crippen LogP contribution < -0.4 is 16.0 Å². The molecule has 4 N–H and O–H groups in total. The molecule has 0 aliphatic carbocycles. The number of nitrogens with zero attached hydrogens (tertiary/aromatic N) is 4. The van der Waals surface area contributed by atoms with Gasteiger partial charge >= 0.3 is 5.97 Å². The van der Waals surface area contributed by atoms with Crippen molar-refractivity contribution in [3.05, 3.63) is 77.6 Å². The number of carbonyl (C=O) groups is 1. The van der Waals surface area contributed by atoms with E-state index in [9.17, 15) is 9.90 Å². The Balaban J connectivity index is 1.60. The molecule has 0 bridgehead atoms. The normalized spacial score (nSPS) is 15.4. The minimum atomic E-state index is -0.968. The number of aliphatic carboxylic acids is 1. The highest BCUT2D eigenvalue weighted by molar-refractivity contribution is 5.81. The second-order valence-corrected chi connectivity index (χ2v) is 9.40. The van der Waals surface area contributed by atoms with Gasteiger partial charge in [-0.2, -0.15) is 5.26 Å². The number of hydrogen-bond acceptors (Lipinski definition) is 6. The minimum Gasteiger partial charge on any atom is -0.479 e. The van der Waals surface area contributed by atoms with E-state index in [0.717, 1.165) is 50.0 Å². The summed E-state index contributed by atoms with van der Waals surface area (Å²) < 4.78 is 2.29. The van der Waals surface area contributed by atoms with Gasteiger partial charge in [0.05, 0.1) is 24.7 Å². The van der Waals surface area contributed by atoms with Crippen LogP contribution in [-0.2, 0) is 4.79 Å². The lowest BCUT2D eigenvalue weighted by Gasteiger charge is -2.19. The monoisotopic (exact) mass is 512 g/mol. The number of benzene rings is 2. The quantitative estimate of drug-likeness (QED) is 0.229. The molecule has 0 amide bonds. The van der Waals surface area contributed by atoms with Crippen LogP contribution in [0.2, 0.25) is 0 Å². The van der Waals surface area contributed by atoms with Crippen molar-refractivity contribution in [2.45, 2.75) is 45.1 Å². The van der Waals surface area contributed by atoms with Gasteiger partial charge in [-0.05, 0) is 79.8 Å². The molecule has 1 unspecified atom stereocenters. The first-order valence-corrected chi connectivity index (χ1v) is 13.0. The molecule has 1 atom stereocenters. The zero-order chi connectivity index (χ0) is 26.7. The van der Waals surface area contributed by atoms with Crippen molar-refractivity contribution >= 4 is 29.1 Å². The molecule has 0 saturated carbocycles. The number of hydrogen-bond donors (Lipinski definition) is 4. The van der Waals surface area contributed by atoms with E-state index in [4.69, 9.17) is 5.26 Å². The predicted molar refractivity (Wildman–Crippen MR) is 148 cm³/mol. The fraction of sp³-hybridized carbons (Fsp3) is 0.345. The van der Waals surface area contributed by atoms with Crippen LogP contribution in [-0.4, -0.2) is 51.1 Å². The summed E-state index contributed by atoms with van der Waals surface area (Å²) in [6.45, 7) is 4.39. The van der Waals surface area contributed by atoms with Crippen molar-refractivity contribution in [2.75, 3.05) is 30.3 Å². The molecule has 38 heavy (non-hydrogen) atoms. The Labute approximate surface area is 223 Å². The number of anilines is 2. The Kier molecular flexibility index (Phi) is 9.24. The van der Waals surface area contributed by atoms with Gasteiger partial charge in [-0.1, -0.05) is 6.07 Å². The standard InChI is InChI=1S/C29H33N7O2/c1-21-17-23(27(28(37)38)35-24-10-8-22(20-30)9-11-24)19-25(18-21)36(26-7-3-2-4-12-31-26)16-6-15-34-29-32-13-5-14-33-29/h5,8-11,13-14,17-19,27,35H,2-4,6-7,12,15-16H2,1H3,(H2,32,33,34,37,38)/p+1. The van der Waals surface area contributed by atoms with E-state index >= 15 is 0 Å². The van der Waals surface area contributed by atoms with E-state index in [2.05, 4.69) is 42.6 Å². The number of nitriles is 1. The van der Waals surface area contributed by atoms with Crippen LogP contribution in [0.15, 0.2) is 60.9 Å². The fourth-order valence-electron chi connectivity index (χ4n) is 4.60. The maximum absolute atomic E-state index is 12.3. The second-order valence-electron chi connectivity index (χ2n) is 9.40. The molecule has 1 saturated heterocycles. The Morgan fingerprint density at radius 3 is 2.68 bits per heavy atom. The first kappa shape index (κ1) is 26.6. The topological polar surface area (TPSA) is 126 Å². The largest absolute Gasteiger partial charge is 0.479 e. The zero-order valence-electron chi connectivity index (χ0n) is 21.7. The lowest BCUT2D eigenvalue weighted by molar-refractivity contribution is -0.444. The first-order chi connectivity index (χ1) is 18.5. The summed E-state index contributed by atoms with van der Waals surface area (Å²) in [6.07, 6.45) is 8.66. The molecule has 1 aromatic heterocycles. The van der Waals surface area contributed by atoms with Gasteiger partial charge in [0.2, 0.25) is 11.8 Å². The number of carboxylic acid groups (broad SMARTS) is 1. The molecule has 3 aromatic rings. The SMILES string of the molecule is Cc1cc(C(Nc2ccc(C#N)cc2)C(=O)O)cc([N+](CCCNc2ncccn2)=C2CCCCCN2)c1.